The van der Waals surface area contributed by atoms with Gasteiger partial charge >= 0.3 is 0 Å². The van der Waals surface area contributed by atoms with E-state index in [-0.39, 0.29) is 0 Å². The van der Waals surface area contributed by atoms with E-state index in [4.69, 9.17) is 0 Å². The number of rotatable bonds is 4. The largest absolute Gasteiger partial charge is 0.309 e. The molecule has 0 amide bonds. The molecule has 0 unspecified atom stereocenters. The topological polar surface area (TPSA) is 4.93 Å². The van der Waals surface area contributed by atoms with E-state index in [0.29, 0.717) is 0 Å². The quantitative estimate of drug-likeness (QED) is 0.157. The van der Waals surface area contributed by atoms with Gasteiger partial charge in [-0.05, 0) is 153 Å². The summed E-state index contributed by atoms with van der Waals surface area (Å²) in [5.41, 5.74) is 11.0. The fraction of sp³-hybridized carbons (Fsp3) is 0. The van der Waals surface area contributed by atoms with Crippen LogP contribution in [-0.2, 0) is 0 Å². The van der Waals surface area contributed by atoms with Crippen molar-refractivity contribution in [2.45, 2.75) is 0 Å². The van der Waals surface area contributed by atoms with E-state index in [1.807, 2.05) is 0 Å². The van der Waals surface area contributed by atoms with Crippen LogP contribution in [0.4, 0.5) is 0 Å². The van der Waals surface area contributed by atoms with Crippen molar-refractivity contribution in [3.8, 4) is 39.1 Å². The lowest BCUT2D eigenvalue weighted by Gasteiger charge is -2.20. The van der Waals surface area contributed by atoms with Crippen molar-refractivity contribution in [2.24, 2.45) is 0 Å². The van der Waals surface area contributed by atoms with Gasteiger partial charge in [-0.2, -0.15) is 0 Å². The monoisotopic (exact) mass is 771 g/mol. The first-order valence-electron chi connectivity index (χ1n) is 21.2. The van der Waals surface area contributed by atoms with Crippen molar-refractivity contribution < 1.29 is 0 Å². The molecule has 1 heterocycles. The highest BCUT2D eigenvalue weighted by atomic mass is 15.0. The van der Waals surface area contributed by atoms with Gasteiger partial charge in [0.1, 0.15) is 0 Å². The summed E-state index contributed by atoms with van der Waals surface area (Å²) < 4.78 is 2.40. The van der Waals surface area contributed by atoms with Crippen LogP contribution in [0.1, 0.15) is 0 Å². The van der Waals surface area contributed by atoms with Gasteiger partial charge in [0.15, 0.2) is 0 Å². The zero-order chi connectivity index (χ0) is 40.0. The van der Waals surface area contributed by atoms with Crippen LogP contribution in [0.5, 0.6) is 0 Å². The molecule has 1 nitrogen and oxygen atoms in total. The summed E-state index contributed by atoms with van der Waals surface area (Å²) in [5, 5.41) is 17.6. The fourth-order valence-electron chi connectivity index (χ4n) is 10.4. The molecular weight excluding hydrogens is 735 g/mol. The Morgan fingerprint density at radius 2 is 0.607 bits per heavy atom. The molecule has 0 aliphatic carbocycles. The molecular formula is C60H37N. The first-order valence-corrected chi connectivity index (χ1v) is 21.2. The van der Waals surface area contributed by atoms with Gasteiger partial charge in [0, 0.05) is 16.5 Å². The Morgan fingerprint density at radius 1 is 0.213 bits per heavy atom. The summed E-state index contributed by atoms with van der Waals surface area (Å²) in [5.74, 6) is 0. The van der Waals surface area contributed by atoms with Crippen LogP contribution in [-0.4, -0.2) is 4.57 Å². The van der Waals surface area contributed by atoms with Gasteiger partial charge in [0.05, 0.1) is 11.0 Å². The lowest BCUT2D eigenvalue weighted by Crippen LogP contribution is -1.95. The minimum atomic E-state index is 1.15. The fourth-order valence-corrected chi connectivity index (χ4v) is 10.4. The zero-order valence-corrected chi connectivity index (χ0v) is 33.3. The average molecular weight is 772 g/mol. The first kappa shape index (κ1) is 33.9. The maximum absolute atomic E-state index is 2.48. The summed E-state index contributed by atoms with van der Waals surface area (Å²) in [6.07, 6.45) is 0. The predicted octanol–water partition coefficient (Wildman–Crippen LogP) is 16.7. The highest BCUT2D eigenvalue weighted by Crippen LogP contribution is 2.47. The van der Waals surface area contributed by atoms with E-state index in [2.05, 4.69) is 229 Å². The Balaban J connectivity index is 1.10. The molecule has 0 spiro atoms. The van der Waals surface area contributed by atoms with Gasteiger partial charge < -0.3 is 4.57 Å². The molecule has 0 atom stereocenters. The second-order valence-electron chi connectivity index (χ2n) is 16.4. The van der Waals surface area contributed by atoms with E-state index >= 15 is 0 Å². The summed E-state index contributed by atoms with van der Waals surface area (Å²) >= 11 is 0. The van der Waals surface area contributed by atoms with Crippen molar-refractivity contribution in [2.75, 3.05) is 0 Å². The number of aromatic nitrogens is 1. The molecule has 61 heavy (non-hydrogen) atoms. The van der Waals surface area contributed by atoms with Crippen LogP contribution in [0, 0.1) is 0 Å². The van der Waals surface area contributed by atoms with Gasteiger partial charge in [0.25, 0.3) is 0 Å². The molecule has 12 aromatic carbocycles. The molecule has 0 saturated carbocycles. The van der Waals surface area contributed by atoms with Crippen molar-refractivity contribution in [3.63, 3.8) is 0 Å². The number of hydrogen-bond acceptors (Lipinski definition) is 0. The molecule has 1 heteroatoms. The van der Waals surface area contributed by atoms with E-state index < -0.39 is 0 Å². The van der Waals surface area contributed by atoms with Crippen molar-refractivity contribution in [1.29, 1.82) is 0 Å². The second-order valence-corrected chi connectivity index (χ2v) is 16.4. The highest BCUT2D eigenvalue weighted by Gasteiger charge is 2.20. The molecule has 0 aliphatic heterocycles. The number of nitrogens with zero attached hydrogens (tertiary/aromatic N) is 1. The first-order chi connectivity index (χ1) is 30.2. The number of fused-ring (bicyclic) bond motifs is 9. The van der Waals surface area contributed by atoms with Crippen molar-refractivity contribution in [3.05, 3.63) is 224 Å². The SMILES string of the molecule is c1ccc2cc3cc(-c4c5ccccc5c(-c5ccc(-n6c7ccccc7c7ccccc76)cc5)c5ccc(-c6c7ccccc7cc7ccccc67)cc45)ccc3cc2c1. The third kappa shape index (κ3) is 5.21. The average Bonchev–Trinajstić information content (AvgIpc) is 3.66. The maximum Gasteiger partial charge on any atom is 0.0541 e. The summed E-state index contributed by atoms with van der Waals surface area (Å²) in [6, 6.07) is 83.4. The second kappa shape index (κ2) is 13.3. The van der Waals surface area contributed by atoms with Gasteiger partial charge in [-0.15, -0.1) is 0 Å². The molecule has 0 saturated heterocycles. The molecule has 0 radical (unpaired) electrons. The van der Waals surface area contributed by atoms with Crippen molar-refractivity contribution in [1.82, 2.24) is 4.57 Å². The van der Waals surface area contributed by atoms with Gasteiger partial charge in [-0.3, -0.25) is 0 Å². The normalized spacial score (nSPS) is 11.9. The molecule has 282 valence electrons. The van der Waals surface area contributed by atoms with Gasteiger partial charge in [-0.25, -0.2) is 0 Å². The summed E-state index contributed by atoms with van der Waals surface area (Å²) in [6.45, 7) is 0. The molecule has 0 aliphatic rings. The van der Waals surface area contributed by atoms with Crippen LogP contribution in [0.2, 0.25) is 0 Å². The van der Waals surface area contributed by atoms with Gasteiger partial charge in [-0.1, -0.05) is 170 Å². The minimum absolute atomic E-state index is 1.15. The van der Waals surface area contributed by atoms with Crippen molar-refractivity contribution >= 4 is 86.4 Å². The predicted molar refractivity (Wildman–Crippen MR) is 262 cm³/mol. The Bertz CT molecular complexity index is 3820. The van der Waals surface area contributed by atoms with E-state index in [9.17, 15) is 0 Å². The summed E-state index contributed by atoms with van der Waals surface area (Å²) in [7, 11) is 0. The third-order valence-electron chi connectivity index (χ3n) is 13.1. The Labute approximate surface area is 353 Å². The van der Waals surface area contributed by atoms with Crippen LogP contribution < -0.4 is 0 Å². The lowest BCUT2D eigenvalue weighted by atomic mass is 9.83. The molecule has 13 aromatic rings. The van der Waals surface area contributed by atoms with Crippen LogP contribution in [0.15, 0.2) is 224 Å². The van der Waals surface area contributed by atoms with Crippen LogP contribution in [0.25, 0.3) is 126 Å². The lowest BCUT2D eigenvalue weighted by molar-refractivity contribution is 1.18. The van der Waals surface area contributed by atoms with Crippen LogP contribution in [0.3, 0.4) is 0 Å². The van der Waals surface area contributed by atoms with E-state index in [1.54, 1.807) is 0 Å². The van der Waals surface area contributed by atoms with Gasteiger partial charge in [0.2, 0.25) is 0 Å². The molecule has 0 fully saturated rings. The van der Waals surface area contributed by atoms with E-state index in [1.165, 1.54) is 120 Å². The molecule has 0 N–H and O–H groups in total. The Morgan fingerprint density at radius 3 is 1.23 bits per heavy atom. The zero-order valence-electron chi connectivity index (χ0n) is 33.3. The molecule has 13 rings (SSSR count). The Hall–Kier alpha value is -8.00. The number of hydrogen-bond donors (Lipinski definition) is 0. The molecule has 0 bridgehead atoms. The Kier molecular flexibility index (Phi) is 7.37. The smallest absolute Gasteiger partial charge is 0.0541 e. The third-order valence-corrected chi connectivity index (χ3v) is 13.1. The summed E-state index contributed by atoms with van der Waals surface area (Å²) in [4.78, 5) is 0. The standard InChI is InChI=1S/C60H37N/c1-2-14-40-34-46-36-44(26-25-41(46)33-39(40)13-1)60-53-22-8-7-21-52(53)58(38-27-30-47(31-28-38)61-56-23-11-9-19-50(56)51-20-10-12-24-57(51)61)54-32-29-45(37-55(54)60)59-48-17-5-3-15-42(48)35-43-16-4-6-18-49(43)59/h1-37H. The number of para-hydroxylation sites is 2. The van der Waals surface area contributed by atoms with Crippen LogP contribution >= 0.6 is 0 Å². The molecule has 1 aromatic heterocycles. The highest BCUT2D eigenvalue weighted by molar-refractivity contribution is 6.23. The number of benzene rings is 12. The minimum Gasteiger partial charge on any atom is -0.309 e. The maximum atomic E-state index is 2.48. The van der Waals surface area contributed by atoms with E-state index in [0.717, 1.165) is 5.69 Å².